The van der Waals surface area contributed by atoms with Crippen LogP contribution in [-0.2, 0) is 14.6 Å². The van der Waals surface area contributed by atoms with Gasteiger partial charge in [-0.15, -0.1) is 0 Å². The molecule has 0 spiro atoms. The molecule has 43 heavy (non-hydrogen) atoms. The van der Waals surface area contributed by atoms with Gasteiger partial charge in [0.2, 0.25) is 5.91 Å². The normalized spacial score (nSPS) is 19.8. The first-order valence-electron chi connectivity index (χ1n) is 16.3. The SMILES string of the molecule is CCCCC1(CCCC)CS(=O)(=O)c2ccc(N(C)C)cc2[C@@H](c2cccc(NC(=O)CCN(CC)C(C)CC)c2)[C@H]1O. The second kappa shape index (κ2) is 15.5. The quantitative estimate of drug-likeness (QED) is 0.228. The Balaban J connectivity index is 2.09. The van der Waals surface area contributed by atoms with Crippen molar-refractivity contribution in [1.29, 1.82) is 0 Å². The summed E-state index contributed by atoms with van der Waals surface area (Å²) in [5.41, 5.74) is 2.21. The molecule has 240 valence electrons. The van der Waals surface area contributed by atoms with E-state index in [2.05, 4.69) is 44.8 Å². The van der Waals surface area contributed by atoms with E-state index in [1.165, 1.54) is 0 Å². The molecule has 1 aliphatic rings. The number of nitrogens with zero attached hydrogens (tertiary/aromatic N) is 2. The lowest BCUT2D eigenvalue weighted by Gasteiger charge is -2.40. The summed E-state index contributed by atoms with van der Waals surface area (Å²) >= 11 is 0. The Morgan fingerprint density at radius 2 is 1.72 bits per heavy atom. The molecule has 1 heterocycles. The number of fused-ring (bicyclic) bond motifs is 1. The van der Waals surface area contributed by atoms with Crippen LogP contribution >= 0.6 is 0 Å². The molecule has 2 aromatic rings. The van der Waals surface area contributed by atoms with Crippen molar-refractivity contribution in [3.63, 3.8) is 0 Å². The van der Waals surface area contributed by atoms with Crippen LogP contribution in [0.2, 0.25) is 0 Å². The average Bonchev–Trinajstić information content (AvgIpc) is 3.05. The number of aliphatic hydroxyl groups is 1. The highest BCUT2D eigenvalue weighted by Gasteiger charge is 2.49. The number of rotatable bonds is 15. The third-order valence-corrected chi connectivity index (χ3v) is 11.4. The summed E-state index contributed by atoms with van der Waals surface area (Å²) < 4.78 is 28.2. The number of hydrogen-bond donors (Lipinski definition) is 2. The first kappa shape index (κ1) is 35.1. The Morgan fingerprint density at radius 1 is 1.05 bits per heavy atom. The van der Waals surface area contributed by atoms with Crippen molar-refractivity contribution in [1.82, 2.24) is 4.90 Å². The topological polar surface area (TPSA) is 90.0 Å². The van der Waals surface area contributed by atoms with E-state index in [-0.39, 0.29) is 11.7 Å². The van der Waals surface area contributed by atoms with Crippen molar-refractivity contribution in [2.45, 2.75) is 109 Å². The van der Waals surface area contributed by atoms with Crippen LogP contribution in [0.1, 0.15) is 103 Å². The van der Waals surface area contributed by atoms with E-state index in [9.17, 15) is 18.3 Å². The molecule has 0 saturated heterocycles. The van der Waals surface area contributed by atoms with Crippen molar-refractivity contribution < 1.29 is 18.3 Å². The number of unbranched alkanes of at least 4 members (excludes halogenated alkanes) is 2. The minimum absolute atomic E-state index is 0.0570. The van der Waals surface area contributed by atoms with E-state index in [0.29, 0.717) is 48.0 Å². The second-order valence-electron chi connectivity index (χ2n) is 12.7. The lowest BCUT2D eigenvalue weighted by atomic mass is 9.68. The maximum Gasteiger partial charge on any atom is 0.225 e. The van der Waals surface area contributed by atoms with Gasteiger partial charge in [0.1, 0.15) is 0 Å². The molecule has 3 rings (SSSR count). The summed E-state index contributed by atoms with van der Waals surface area (Å²) in [6.45, 7) is 12.3. The van der Waals surface area contributed by atoms with Gasteiger partial charge in [-0.25, -0.2) is 8.42 Å². The molecule has 0 fully saturated rings. The molecule has 1 aliphatic heterocycles. The molecular weight excluding hydrogens is 558 g/mol. The van der Waals surface area contributed by atoms with E-state index in [1.54, 1.807) is 6.07 Å². The number of aliphatic hydroxyl groups excluding tert-OH is 1. The third kappa shape index (κ3) is 8.40. The zero-order valence-electron chi connectivity index (χ0n) is 27.5. The Kier molecular flexibility index (Phi) is 12.7. The number of benzene rings is 2. The van der Waals surface area contributed by atoms with Crippen LogP contribution in [0.3, 0.4) is 0 Å². The molecule has 1 unspecified atom stereocenters. The minimum Gasteiger partial charge on any atom is -0.392 e. The zero-order chi connectivity index (χ0) is 31.8. The molecule has 0 aliphatic carbocycles. The van der Waals surface area contributed by atoms with Gasteiger partial charge in [-0.2, -0.15) is 0 Å². The van der Waals surface area contributed by atoms with E-state index in [1.807, 2.05) is 55.4 Å². The molecule has 0 saturated carbocycles. The predicted molar refractivity (Wildman–Crippen MR) is 179 cm³/mol. The highest BCUT2D eigenvalue weighted by Crippen LogP contribution is 2.50. The van der Waals surface area contributed by atoms with Crippen LogP contribution in [0.15, 0.2) is 47.4 Å². The van der Waals surface area contributed by atoms with Crippen molar-refractivity contribution >= 4 is 27.1 Å². The van der Waals surface area contributed by atoms with Gasteiger partial charge in [0, 0.05) is 55.8 Å². The summed E-state index contributed by atoms with van der Waals surface area (Å²) in [6.07, 6.45) is 5.37. The van der Waals surface area contributed by atoms with Crippen molar-refractivity contribution in [3.05, 3.63) is 53.6 Å². The van der Waals surface area contributed by atoms with Crippen LogP contribution in [0.5, 0.6) is 0 Å². The smallest absolute Gasteiger partial charge is 0.225 e. The van der Waals surface area contributed by atoms with E-state index < -0.39 is 27.3 Å². The van der Waals surface area contributed by atoms with Gasteiger partial charge < -0.3 is 20.2 Å². The molecule has 0 aromatic heterocycles. The van der Waals surface area contributed by atoms with Gasteiger partial charge in [-0.1, -0.05) is 65.5 Å². The number of hydrogen-bond acceptors (Lipinski definition) is 6. The molecular formula is C35H55N3O4S. The Hall–Kier alpha value is -2.42. The minimum atomic E-state index is -3.67. The Bertz CT molecular complexity index is 1300. The van der Waals surface area contributed by atoms with Gasteiger partial charge >= 0.3 is 0 Å². The molecule has 7 nitrogen and oxygen atoms in total. The largest absolute Gasteiger partial charge is 0.392 e. The first-order valence-corrected chi connectivity index (χ1v) is 17.9. The van der Waals surface area contributed by atoms with Crippen LogP contribution in [0.25, 0.3) is 0 Å². The van der Waals surface area contributed by atoms with Crippen LogP contribution in [0, 0.1) is 5.41 Å². The third-order valence-electron chi connectivity index (χ3n) is 9.43. The monoisotopic (exact) mass is 613 g/mol. The summed E-state index contributed by atoms with van der Waals surface area (Å²) in [7, 11) is 0.193. The van der Waals surface area contributed by atoms with Crippen LogP contribution < -0.4 is 10.2 Å². The summed E-state index contributed by atoms with van der Waals surface area (Å²) in [6, 6.07) is 13.6. The first-order chi connectivity index (χ1) is 20.4. The molecule has 3 atom stereocenters. The fraction of sp³-hybridized carbons (Fsp3) is 0.629. The summed E-state index contributed by atoms with van der Waals surface area (Å²) in [5, 5.41) is 15.5. The zero-order valence-corrected chi connectivity index (χ0v) is 28.3. The van der Waals surface area contributed by atoms with Crippen LogP contribution in [-0.4, -0.2) is 69.4 Å². The van der Waals surface area contributed by atoms with Gasteiger partial charge in [-0.05, 0) is 74.2 Å². The van der Waals surface area contributed by atoms with E-state index >= 15 is 0 Å². The number of nitrogens with one attached hydrogen (secondary N) is 1. The maximum absolute atomic E-state index is 14.1. The van der Waals surface area contributed by atoms with Crippen molar-refractivity contribution in [3.8, 4) is 0 Å². The number of amides is 1. The Labute approximate surface area is 261 Å². The van der Waals surface area contributed by atoms with Gasteiger partial charge in [0.25, 0.3) is 0 Å². The molecule has 8 heteroatoms. The van der Waals surface area contributed by atoms with Gasteiger partial charge in [0.05, 0.1) is 16.8 Å². The van der Waals surface area contributed by atoms with Gasteiger partial charge in [-0.3, -0.25) is 4.79 Å². The molecule has 0 bridgehead atoms. The van der Waals surface area contributed by atoms with Crippen LogP contribution in [0.4, 0.5) is 11.4 Å². The standard InChI is InChI=1S/C35H55N3O4S/c1-8-12-20-35(21-13-9-2)25-43(41,42)31-18-17-29(37(6)7)24-30(31)33(34(35)40)27-15-14-16-28(23-27)36-32(39)19-22-38(11-4)26(5)10-3/h14-18,23-24,26,33-34,40H,8-13,19-22,25H2,1-7H3,(H,36,39)/t26?,33-,34-/m1/s1. The average molecular weight is 614 g/mol. The van der Waals surface area contributed by atoms with Crippen molar-refractivity contribution in [2.24, 2.45) is 5.41 Å². The number of carbonyl (C=O) groups excluding carboxylic acids is 1. The fourth-order valence-corrected chi connectivity index (χ4v) is 8.81. The number of sulfone groups is 1. The van der Waals surface area contributed by atoms with E-state index in [4.69, 9.17) is 0 Å². The lowest BCUT2D eigenvalue weighted by molar-refractivity contribution is -0.116. The fourth-order valence-electron chi connectivity index (χ4n) is 6.62. The highest BCUT2D eigenvalue weighted by molar-refractivity contribution is 7.91. The summed E-state index contributed by atoms with van der Waals surface area (Å²) in [5.74, 6) is -0.677. The summed E-state index contributed by atoms with van der Waals surface area (Å²) in [4.78, 5) is 17.6. The molecule has 1 amide bonds. The number of carbonyl (C=O) groups is 1. The predicted octanol–water partition coefficient (Wildman–Crippen LogP) is 6.85. The maximum atomic E-state index is 14.1. The molecule has 2 N–H and O–H groups in total. The number of anilines is 2. The van der Waals surface area contributed by atoms with Gasteiger partial charge in [0.15, 0.2) is 9.84 Å². The Morgan fingerprint density at radius 3 is 2.30 bits per heavy atom. The van der Waals surface area contributed by atoms with Crippen molar-refractivity contribution in [2.75, 3.05) is 43.2 Å². The second-order valence-corrected chi connectivity index (χ2v) is 14.6. The highest BCUT2D eigenvalue weighted by atomic mass is 32.2. The molecule has 0 radical (unpaired) electrons. The van der Waals surface area contributed by atoms with E-state index in [0.717, 1.165) is 49.9 Å². The lowest BCUT2D eigenvalue weighted by Crippen LogP contribution is -2.43. The molecule has 2 aromatic carbocycles.